The Morgan fingerprint density at radius 3 is 2.52 bits per heavy atom. The van der Waals surface area contributed by atoms with Gasteiger partial charge < -0.3 is 4.57 Å². The fourth-order valence-electron chi connectivity index (χ4n) is 2.30. The van der Waals surface area contributed by atoms with Crippen LogP contribution in [0.25, 0.3) is 10.2 Å². The summed E-state index contributed by atoms with van der Waals surface area (Å²) >= 11 is 13.4. The normalized spacial score (nSPS) is 12.1. The molecule has 0 spiro atoms. The Hall–Kier alpha value is -1.62. The number of benzene rings is 2. The molecule has 118 valence electrons. The number of aryl methyl sites for hydroxylation is 3. The van der Waals surface area contributed by atoms with Crippen molar-refractivity contribution in [3.05, 3.63) is 61.9 Å². The second-order valence-electron chi connectivity index (χ2n) is 5.39. The molecule has 0 N–H and O–H groups in total. The first-order chi connectivity index (χ1) is 10.9. The van der Waals surface area contributed by atoms with E-state index in [1.165, 1.54) is 22.5 Å². The van der Waals surface area contributed by atoms with Crippen LogP contribution in [0.15, 0.2) is 35.3 Å². The standard InChI is InChI=1S/C17H14Cl2N2OS/c1-9-6-14-15(7-10(9)2)23-17(21(14)3)20-16(22)12-5-4-11(18)8-13(12)19/h4-8H,1-3H3. The predicted octanol–water partition coefficient (Wildman–Crippen LogP) is 4.90. The number of hydrogen-bond acceptors (Lipinski definition) is 2. The van der Waals surface area contributed by atoms with Crippen molar-refractivity contribution in [1.29, 1.82) is 0 Å². The maximum atomic E-state index is 12.4. The number of hydrogen-bond donors (Lipinski definition) is 0. The molecule has 0 aliphatic heterocycles. The first kappa shape index (κ1) is 16.2. The van der Waals surface area contributed by atoms with E-state index < -0.39 is 0 Å². The van der Waals surface area contributed by atoms with Crippen LogP contribution >= 0.6 is 34.5 Å². The van der Waals surface area contributed by atoms with Gasteiger partial charge >= 0.3 is 0 Å². The third-order valence-corrected chi connectivity index (χ3v) is 5.43. The van der Waals surface area contributed by atoms with Crippen molar-refractivity contribution in [2.24, 2.45) is 12.0 Å². The van der Waals surface area contributed by atoms with Crippen LogP contribution in [0.3, 0.4) is 0 Å². The Balaban J connectivity index is 2.14. The van der Waals surface area contributed by atoms with Gasteiger partial charge in [0, 0.05) is 12.1 Å². The molecule has 2 aromatic carbocycles. The van der Waals surface area contributed by atoms with E-state index in [2.05, 4.69) is 31.0 Å². The van der Waals surface area contributed by atoms with Crippen LogP contribution in [0.1, 0.15) is 21.5 Å². The van der Waals surface area contributed by atoms with E-state index in [4.69, 9.17) is 23.2 Å². The molecular weight excluding hydrogens is 351 g/mol. The summed E-state index contributed by atoms with van der Waals surface area (Å²) < 4.78 is 3.03. The minimum atomic E-state index is -0.373. The van der Waals surface area contributed by atoms with Gasteiger partial charge in [-0.2, -0.15) is 4.99 Å². The molecule has 23 heavy (non-hydrogen) atoms. The van der Waals surface area contributed by atoms with Crippen molar-refractivity contribution in [3.63, 3.8) is 0 Å². The third kappa shape index (κ3) is 3.07. The maximum absolute atomic E-state index is 12.4. The molecule has 3 rings (SSSR count). The van der Waals surface area contributed by atoms with E-state index in [9.17, 15) is 4.79 Å². The Kier molecular flexibility index (Phi) is 4.32. The Morgan fingerprint density at radius 1 is 1.13 bits per heavy atom. The first-order valence-corrected chi connectivity index (χ1v) is 8.55. The zero-order chi connectivity index (χ0) is 16.7. The molecule has 1 aromatic heterocycles. The number of thiazole rings is 1. The molecule has 0 bridgehead atoms. The van der Waals surface area contributed by atoms with Gasteiger partial charge in [0.05, 0.1) is 20.8 Å². The average Bonchev–Trinajstić information content (AvgIpc) is 2.76. The molecule has 1 amide bonds. The van der Waals surface area contributed by atoms with Crippen molar-refractivity contribution in [1.82, 2.24) is 4.57 Å². The highest BCUT2D eigenvalue weighted by molar-refractivity contribution is 7.16. The highest BCUT2D eigenvalue weighted by Gasteiger charge is 2.11. The summed E-state index contributed by atoms with van der Waals surface area (Å²) in [5, 5.41) is 0.798. The van der Waals surface area contributed by atoms with Crippen molar-refractivity contribution in [2.45, 2.75) is 13.8 Å². The van der Waals surface area contributed by atoms with Crippen LogP contribution < -0.4 is 4.80 Å². The lowest BCUT2D eigenvalue weighted by molar-refractivity contribution is 0.0998. The predicted molar refractivity (Wildman–Crippen MR) is 96.6 cm³/mol. The van der Waals surface area contributed by atoms with Gasteiger partial charge in [-0.05, 0) is 55.3 Å². The molecule has 3 aromatic rings. The monoisotopic (exact) mass is 364 g/mol. The van der Waals surface area contributed by atoms with Crippen LogP contribution in [0.4, 0.5) is 0 Å². The van der Waals surface area contributed by atoms with Crippen molar-refractivity contribution >= 4 is 50.7 Å². The average molecular weight is 365 g/mol. The quantitative estimate of drug-likeness (QED) is 0.604. The van der Waals surface area contributed by atoms with E-state index in [1.54, 1.807) is 18.2 Å². The van der Waals surface area contributed by atoms with Gasteiger partial charge in [-0.3, -0.25) is 4.79 Å². The smallest absolute Gasteiger partial charge is 0.281 e. The summed E-state index contributed by atoms with van der Waals surface area (Å²) in [7, 11) is 1.91. The lowest BCUT2D eigenvalue weighted by Gasteiger charge is -2.01. The molecule has 0 fully saturated rings. The third-order valence-electron chi connectivity index (χ3n) is 3.78. The van der Waals surface area contributed by atoms with Gasteiger partial charge in [0.1, 0.15) is 0 Å². The number of aromatic nitrogens is 1. The van der Waals surface area contributed by atoms with Gasteiger partial charge in [0.25, 0.3) is 5.91 Å². The zero-order valence-corrected chi connectivity index (χ0v) is 15.2. The number of fused-ring (bicyclic) bond motifs is 1. The molecule has 1 heterocycles. The first-order valence-electron chi connectivity index (χ1n) is 6.97. The minimum absolute atomic E-state index is 0.307. The molecule has 0 atom stereocenters. The molecule has 0 saturated heterocycles. The van der Waals surface area contributed by atoms with Gasteiger partial charge in [-0.1, -0.05) is 34.5 Å². The lowest BCUT2D eigenvalue weighted by atomic mass is 10.1. The van der Waals surface area contributed by atoms with E-state index in [0.717, 1.165) is 10.2 Å². The van der Waals surface area contributed by atoms with E-state index >= 15 is 0 Å². The van der Waals surface area contributed by atoms with Gasteiger partial charge in [0.15, 0.2) is 4.80 Å². The summed E-state index contributed by atoms with van der Waals surface area (Å²) in [5.74, 6) is -0.373. The lowest BCUT2D eigenvalue weighted by Crippen LogP contribution is -2.13. The molecule has 0 saturated carbocycles. The Morgan fingerprint density at radius 2 is 1.83 bits per heavy atom. The largest absolute Gasteiger partial charge is 0.319 e. The number of carbonyl (C=O) groups excluding carboxylic acids is 1. The Bertz CT molecular complexity index is 1000. The topological polar surface area (TPSA) is 34.4 Å². The fraction of sp³-hybridized carbons (Fsp3) is 0.176. The number of halogens is 2. The SMILES string of the molecule is Cc1cc2sc(=NC(=O)c3ccc(Cl)cc3Cl)n(C)c2cc1C. The summed E-state index contributed by atoms with van der Waals surface area (Å²) in [6.07, 6.45) is 0. The van der Waals surface area contributed by atoms with Crippen molar-refractivity contribution in [2.75, 3.05) is 0 Å². The number of rotatable bonds is 1. The number of nitrogens with zero attached hydrogens (tertiary/aromatic N) is 2. The molecule has 0 unspecified atom stereocenters. The van der Waals surface area contributed by atoms with Gasteiger partial charge in [0.2, 0.25) is 0 Å². The second-order valence-corrected chi connectivity index (χ2v) is 7.24. The molecule has 3 nitrogen and oxygen atoms in total. The highest BCUT2D eigenvalue weighted by atomic mass is 35.5. The van der Waals surface area contributed by atoms with Crippen molar-refractivity contribution in [3.8, 4) is 0 Å². The van der Waals surface area contributed by atoms with Crippen LogP contribution in [-0.4, -0.2) is 10.5 Å². The van der Waals surface area contributed by atoms with Crippen LogP contribution in [0.5, 0.6) is 0 Å². The van der Waals surface area contributed by atoms with Crippen LogP contribution in [0, 0.1) is 13.8 Å². The van der Waals surface area contributed by atoms with Crippen LogP contribution in [-0.2, 0) is 7.05 Å². The summed E-state index contributed by atoms with van der Waals surface area (Å²) in [6, 6.07) is 9.00. The number of carbonyl (C=O) groups is 1. The van der Waals surface area contributed by atoms with Gasteiger partial charge in [-0.25, -0.2) is 0 Å². The van der Waals surface area contributed by atoms with Crippen molar-refractivity contribution < 1.29 is 4.79 Å². The summed E-state index contributed by atoms with van der Waals surface area (Å²) in [5.41, 5.74) is 3.84. The van der Waals surface area contributed by atoms with E-state index in [1.807, 2.05) is 11.6 Å². The number of amides is 1. The maximum Gasteiger partial charge on any atom is 0.281 e. The minimum Gasteiger partial charge on any atom is -0.319 e. The van der Waals surface area contributed by atoms with Gasteiger partial charge in [-0.15, -0.1) is 0 Å². The zero-order valence-electron chi connectivity index (χ0n) is 12.9. The van der Waals surface area contributed by atoms with Crippen LogP contribution in [0.2, 0.25) is 10.0 Å². The summed E-state index contributed by atoms with van der Waals surface area (Å²) in [4.78, 5) is 17.3. The highest BCUT2D eigenvalue weighted by Crippen LogP contribution is 2.23. The van der Waals surface area contributed by atoms with E-state index in [0.29, 0.717) is 20.4 Å². The molecular formula is C17H14Cl2N2OS. The Labute approximate surface area is 147 Å². The molecule has 0 aliphatic rings. The second kappa shape index (κ2) is 6.11. The summed E-state index contributed by atoms with van der Waals surface area (Å²) in [6.45, 7) is 4.14. The fourth-order valence-corrected chi connectivity index (χ4v) is 3.88. The molecule has 0 aliphatic carbocycles. The molecule has 6 heteroatoms. The van der Waals surface area contributed by atoms with E-state index in [-0.39, 0.29) is 5.91 Å². The molecule has 0 radical (unpaired) electrons.